The summed E-state index contributed by atoms with van der Waals surface area (Å²) in [5, 5.41) is -0.662. The van der Waals surface area contributed by atoms with Crippen molar-refractivity contribution < 1.29 is 21.6 Å². The molecule has 3 aromatic rings. The molecule has 2 N–H and O–H groups in total. The lowest BCUT2D eigenvalue weighted by molar-refractivity contribution is 0.595. The maximum Gasteiger partial charge on any atom is 0.264 e. The molecule has 0 unspecified atom stereocenters. The van der Waals surface area contributed by atoms with Crippen molar-refractivity contribution in [3.63, 3.8) is 0 Å². The van der Waals surface area contributed by atoms with E-state index >= 15 is 0 Å². The topological polar surface area (TPSA) is 62.0 Å². The standard InChI is InChI=1S/C14H7Cl2F3N2O2S/c15-7-2-11(19)13(4-10(7)18)21-24(22,23)14-5-20-12-3-8(16)9(17)1-6(12)14/h1-5,20-21H. The average molecular weight is 395 g/mol. The molecular weight excluding hydrogens is 388 g/mol. The number of fused-ring (bicyclic) bond motifs is 1. The number of aromatic nitrogens is 1. The van der Waals surface area contributed by atoms with Crippen LogP contribution >= 0.6 is 23.2 Å². The molecule has 0 saturated heterocycles. The van der Waals surface area contributed by atoms with Crippen LogP contribution in [0.4, 0.5) is 18.9 Å². The molecule has 3 rings (SSSR count). The fourth-order valence-electron chi connectivity index (χ4n) is 2.11. The van der Waals surface area contributed by atoms with Crippen LogP contribution in [0.25, 0.3) is 10.9 Å². The Labute approximate surface area is 144 Å². The number of rotatable bonds is 3. The van der Waals surface area contributed by atoms with Gasteiger partial charge in [0.1, 0.15) is 22.3 Å². The Bertz CT molecular complexity index is 1070. The van der Waals surface area contributed by atoms with Crippen molar-refractivity contribution >= 4 is 49.8 Å². The second kappa shape index (κ2) is 5.87. The van der Waals surface area contributed by atoms with Gasteiger partial charge in [0.25, 0.3) is 10.0 Å². The minimum Gasteiger partial charge on any atom is -0.360 e. The number of hydrogen-bond acceptors (Lipinski definition) is 2. The molecule has 0 aliphatic heterocycles. The number of sulfonamides is 1. The largest absolute Gasteiger partial charge is 0.360 e. The predicted octanol–water partition coefficient (Wildman–Crippen LogP) is 4.69. The quantitative estimate of drug-likeness (QED) is 0.632. The van der Waals surface area contributed by atoms with E-state index in [0.717, 1.165) is 12.3 Å². The Kier molecular flexibility index (Phi) is 4.15. The van der Waals surface area contributed by atoms with Crippen molar-refractivity contribution in [2.45, 2.75) is 4.90 Å². The smallest absolute Gasteiger partial charge is 0.264 e. The van der Waals surface area contributed by atoms with Crippen LogP contribution in [0.2, 0.25) is 10.0 Å². The van der Waals surface area contributed by atoms with E-state index in [-0.39, 0.29) is 20.8 Å². The third-order valence-corrected chi connectivity index (χ3v) is 5.21. The number of halogens is 5. The number of H-pyrrole nitrogens is 1. The van der Waals surface area contributed by atoms with Crippen molar-refractivity contribution in [3.8, 4) is 0 Å². The van der Waals surface area contributed by atoms with E-state index in [2.05, 4.69) is 4.98 Å². The second-order valence-electron chi connectivity index (χ2n) is 4.82. The van der Waals surface area contributed by atoms with Crippen molar-refractivity contribution in [3.05, 3.63) is 58.0 Å². The molecule has 0 aliphatic rings. The highest BCUT2D eigenvalue weighted by molar-refractivity contribution is 7.93. The molecule has 0 bridgehead atoms. The number of benzene rings is 2. The van der Waals surface area contributed by atoms with Crippen LogP contribution in [0.1, 0.15) is 0 Å². The predicted molar refractivity (Wildman–Crippen MR) is 85.4 cm³/mol. The SMILES string of the molecule is O=S(=O)(Nc1cc(F)c(Cl)cc1F)c1c[nH]c2cc(Cl)c(F)cc12. The van der Waals surface area contributed by atoms with Crippen LogP contribution < -0.4 is 4.72 Å². The summed E-state index contributed by atoms with van der Waals surface area (Å²) < 4.78 is 67.5. The molecule has 0 radical (unpaired) electrons. The molecule has 0 saturated carbocycles. The molecule has 2 aromatic carbocycles. The third-order valence-electron chi connectivity index (χ3n) is 3.23. The van der Waals surface area contributed by atoms with Crippen LogP contribution in [0.5, 0.6) is 0 Å². The minimum atomic E-state index is -4.32. The summed E-state index contributed by atoms with van der Waals surface area (Å²) in [5.41, 5.74) is -0.356. The number of anilines is 1. The molecule has 0 atom stereocenters. The third kappa shape index (κ3) is 2.92. The van der Waals surface area contributed by atoms with Gasteiger partial charge in [-0.3, -0.25) is 4.72 Å². The summed E-state index contributed by atoms with van der Waals surface area (Å²) in [4.78, 5) is 2.28. The van der Waals surface area contributed by atoms with E-state index in [1.165, 1.54) is 6.07 Å². The molecule has 0 fully saturated rings. The summed E-state index contributed by atoms with van der Waals surface area (Å²) in [6.45, 7) is 0. The molecule has 1 heterocycles. The summed E-state index contributed by atoms with van der Waals surface area (Å²) in [6, 6.07) is 3.40. The van der Waals surface area contributed by atoms with Crippen LogP contribution in [-0.2, 0) is 10.0 Å². The highest BCUT2D eigenvalue weighted by Gasteiger charge is 2.22. The van der Waals surface area contributed by atoms with Gasteiger partial charge < -0.3 is 4.98 Å². The monoisotopic (exact) mass is 394 g/mol. The summed E-state index contributed by atoms with van der Waals surface area (Å²) in [6.07, 6.45) is 1.09. The van der Waals surface area contributed by atoms with Crippen molar-refractivity contribution in [2.24, 2.45) is 0 Å². The molecule has 0 amide bonds. The fraction of sp³-hybridized carbons (Fsp3) is 0. The highest BCUT2D eigenvalue weighted by Crippen LogP contribution is 2.30. The number of aromatic amines is 1. The molecule has 24 heavy (non-hydrogen) atoms. The second-order valence-corrected chi connectivity index (χ2v) is 7.28. The van der Waals surface area contributed by atoms with Gasteiger partial charge in [0, 0.05) is 23.2 Å². The van der Waals surface area contributed by atoms with Gasteiger partial charge in [0.2, 0.25) is 0 Å². The van der Waals surface area contributed by atoms with Crippen LogP contribution in [0.3, 0.4) is 0 Å². The summed E-state index contributed by atoms with van der Waals surface area (Å²) in [7, 11) is -4.32. The molecule has 0 spiro atoms. The van der Waals surface area contributed by atoms with Crippen LogP contribution in [0, 0.1) is 17.5 Å². The van der Waals surface area contributed by atoms with Gasteiger partial charge >= 0.3 is 0 Å². The van der Waals surface area contributed by atoms with E-state index in [1.807, 2.05) is 4.72 Å². The van der Waals surface area contributed by atoms with E-state index in [0.29, 0.717) is 12.1 Å². The zero-order chi connectivity index (χ0) is 17.6. The molecule has 126 valence electrons. The first kappa shape index (κ1) is 16.9. The minimum absolute atomic E-state index is 0.0132. The van der Waals surface area contributed by atoms with Gasteiger partial charge in [-0.2, -0.15) is 0 Å². The Balaban J connectivity index is 2.09. The van der Waals surface area contributed by atoms with Gasteiger partial charge in [0.15, 0.2) is 0 Å². The van der Waals surface area contributed by atoms with Crippen LogP contribution in [0.15, 0.2) is 35.4 Å². The molecule has 1 aromatic heterocycles. The maximum absolute atomic E-state index is 13.8. The lowest BCUT2D eigenvalue weighted by Gasteiger charge is -2.09. The Hall–Kier alpha value is -1.90. The van der Waals surface area contributed by atoms with Gasteiger partial charge in [0.05, 0.1) is 15.7 Å². The molecular formula is C14H7Cl2F3N2O2S. The number of nitrogens with one attached hydrogen (secondary N) is 2. The van der Waals surface area contributed by atoms with Crippen LogP contribution in [-0.4, -0.2) is 13.4 Å². The molecule has 10 heteroatoms. The van der Waals surface area contributed by atoms with Gasteiger partial charge in [-0.05, 0) is 18.2 Å². The van der Waals surface area contributed by atoms with Crippen molar-refractivity contribution in [1.82, 2.24) is 4.98 Å². The lowest BCUT2D eigenvalue weighted by atomic mass is 10.2. The first-order valence-electron chi connectivity index (χ1n) is 6.32. The van der Waals surface area contributed by atoms with E-state index in [1.54, 1.807) is 0 Å². The van der Waals surface area contributed by atoms with Gasteiger partial charge in [-0.15, -0.1) is 0 Å². The maximum atomic E-state index is 13.8. The summed E-state index contributed by atoms with van der Waals surface area (Å²) >= 11 is 11.0. The molecule has 4 nitrogen and oxygen atoms in total. The van der Waals surface area contributed by atoms with E-state index in [9.17, 15) is 21.6 Å². The Morgan fingerprint density at radius 2 is 1.54 bits per heavy atom. The first-order valence-corrected chi connectivity index (χ1v) is 8.56. The Morgan fingerprint density at radius 1 is 0.917 bits per heavy atom. The lowest BCUT2D eigenvalue weighted by Crippen LogP contribution is -2.14. The Morgan fingerprint density at radius 3 is 2.25 bits per heavy atom. The van der Waals surface area contributed by atoms with Gasteiger partial charge in [-0.25, -0.2) is 21.6 Å². The highest BCUT2D eigenvalue weighted by atomic mass is 35.5. The molecule has 0 aliphatic carbocycles. The fourth-order valence-corrected chi connectivity index (χ4v) is 3.66. The van der Waals surface area contributed by atoms with E-state index in [4.69, 9.17) is 23.2 Å². The van der Waals surface area contributed by atoms with Crippen molar-refractivity contribution in [2.75, 3.05) is 4.72 Å². The van der Waals surface area contributed by atoms with Gasteiger partial charge in [-0.1, -0.05) is 23.2 Å². The normalized spacial score (nSPS) is 11.9. The average Bonchev–Trinajstić information content (AvgIpc) is 2.88. The van der Waals surface area contributed by atoms with E-state index < -0.39 is 38.2 Å². The van der Waals surface area contributed by atoms with Crippen molar-refractivity contribution in [1.29, 1.82) is 0 Å². The number of hydrogen-bond donors (Lipinski definition) is 2. The zero-order valence-electron chi connectivity index (χ0n) is 11.5. The zero-order valence-corrected chi connectivity index (χ0v) is 13.8. The first-order chi connectivity index (χ1) is 11.2. The summed E-state index contributed by atoms with van der Waals surface area (Å²) in [5.74, 6) is -2.87.